The van der Waals surface area contributed by atoms with E-state index in [1.165, 1.54) is 4.90 Å². The standard InChI is InChI=1S/C24H25NO5/c1-3-15-30-19-12-10-17(11-13-19)21-20(22(26)18-8-5-4-6-9-18)23(27)24(28)25(21)14-7-16-29-2/h3-6,8-13,21,26H,1,7,14-16H2,2H3/t21-/m1/s1. The summed E-state index contributed by atoms with van der Waals surface area (Å²) >= 11 is 0. The second kappa shape index (κ2) is 9.89. The van der Waals surface area contributed by atoms with Crippen LogP contribution in [0.2, 0.25) is 0 Å². The van der Waals surface area contributed by atoms with Gasteiger partial charge in [0.2, 0.25) is 0 Å². The molecule has 0 unspecified atom stereocenters. The van der Waals surface area contributed by atoms with E-state index in [4.69, 9.17) is 9.47 Å². The van der Waals surface area contributed by atoms with Crippen LogP contribution in [0.3, 0.4) is 0 Å². The van der Waals surface area contributed by atoms with Gasteiger partial charge in [-0.1, -0.05) is 55.1 Å². The van der Waals surface area contributed by atoms with Crippen molar-refractivity contribution in [3.05, 3.63) is 84.0 Å². The van der Waals surface area contributed by atoms with Crippen LogP contribution in [0.4, 0.5) is 0 Å². The van der Waals surface area contributed by atoms with Gasteiger partial charge in [0.05, 0.1) is 11.6 Å². The van der Waals surface area contributed by atoms with Crippen LogP contribution >= 0.6 is 0 Å². The minimum atomic E-state index is -0.689. The van der Waals surface area contributed by atoms with E-state index in [9.17, 15) is 14.7 Å². The maximum atomic E-state index is 12.9. The molecule has 1 amide bonds. The number of nitrogens with zero attached hydrogens (tertiary/aromatic N) is 1. The molecule has 6 nitrogen and oxygen atoms in total. The topological polar surface area (TPSA) is 76.1 Å². The molecule has 1 atom stereocenters. The fourth-order valence-corrected chi connectivity index (χ4v) is 3.49. The minimum absolute atomic E-state index is 0.0865. The van der Waals surface area contributed by atoms with Gasteiger partial charge in [-0.3, -0.25) is 9.59 Å². The molecule has 6 heteroatoms. The largest absolute Gasteiger partial charge is 0.507 e. The van der Waals surface area contributed by atoms with Gasteiger partial charge < -0.3 is 19.5 Å². The first-order chi connectivity index (χ1) is 14.6. The van der Waals surface area contributed by atoms with Gasteiger partial charge in [-0.2, -0.15) is 0 Å². The molecule has 1 aliphatic rings. The predicted octanol–water partition coefficient (Wildman–Crippen LogP) is 3.71. The third-order valence-corrected chi connectivity index (χ3v) is 4.90. The van der Waals surface area contributed by atoms with Crippen molar-refractivity contribution in [1.82, 2.24) is 4.90 Å². The lowest BCUT2D eigenvalue weighted by molar-refractivity contribution is -0.140. The molecule has 0 aliphatic carbocycles. The number of Topliss-reactive ketones (excluding diaryl/α,β-unsaturated/α-hetero) is 1. The normalized spacial score (nSPS) is 17.9. The molecule has 3 rings (SSSR count). The number of ketones is 1. The van der Waals surface area contributed by atoms with Gasteiger partial charge >= 0.3 is 0 Å². The summed E-state index contributed by atoms with van der Waals surface area (Å²) < 4.78 is 10.6. The highest BCUT2D eigenvalue weighted by molar-refractivity contribution is 6.46. The minimum Gasteiger partial charge on any atom is -0.507 e. The maximum Gasteiger partial charge on any atom is 0.295 e. The average molecular weight is 407 g/mol. The fourth-order valence-electron chi connectivity index (χ4n) is 3.49. The van der Waals surface area contributed by atoms with Gasteiger partial charge in [-0.15, -0.1) is 0 Å². The van der Waals surface area contributed by atoms with E-state index in [0.717, 1.165) is 5.56 Å². The molecule has 0 saturated carbocycles. The van der Waals surface area contributed by atoms with E-state index in [0.29, 0.717) is 37.5 Å². The number of hydrogen-bond donors (Lipinski definition) is 1. The molecule has 0 spiro atoms. The van der Waals surface area contributed by atoms with Gasteiger partial charge in [-0.25, -0.2) is 0 Å². The number of benzene rings is 2. The molecule has 30 heavy (non-hydrogen) atoms. The highest BCUT2D eigenvalue weighted by Crippen LogP contribution is 2.39. The van der Waals surface area contributed by atoms with Gasteiger partial charge in [0, 0.05) is 25.8 Å². The molecule has 0 bridgehead atoms. The van der Waals surface area contributed by atoms with Crippen molar-refractivity contribution in [1.29, 1.82) is 0 Å². The van der Waals surface area contributed by atoms with E-state index in [1.807, 2.05) is 6.07 Å². The number of carbonyl (C=O) groups excluding carboxylic acids is 2. The smallest absolute Gasteiger partial charge is 0.295 e. The second-order valence-corrected chi connectivity index (χ2v) is 6.87. The zero-order chi connectivity index (χ0) is 21.5. The monoisotopic (exact) mass is 407 g/mol. The van der Waals surface area contributed by atoms with Crippen molar-refractivity contribution in [2.45, 2.75) is 12.5 Å². The van der Waals surface area contributed by atoms with Crippen molar-refractivity contribution in [2.24, 2.45) is 0 Å². The average Bonchev–Trinajstić information content (AvgIpc) is 3.03. The van der Waals surface area contributed by atoms with E-state index in [1.54, 1.807) is 61.7 Å². The first-order valence-corrected chi connectivity index (χ1v) is 9.75. The van der Waals surface area contributed by atoms with Crippen molar-refractivity contribution < 1.29 is 24.2 Å². The molecule has 1 N–H and O–H groups in total. The third-order valence-electron chi connectivity index (χ3n) is 4.90. The van der Waals surface area contributed by atoms with Crippen LogP contribution in [-0.4, -0.2) is 48.6 Å². The van der Waals surface area contributed by atoms with Gasteiger partial charge in [0.1, 0.15) is 18.1 Å². The summed E-state index contributed by atoms with van der Waals surface area (Å²) in [5.74, 6) is -0.843. The maximum absolute atomic E-state index is 12.9. The van der Waals surface area contributed by atoms with Crippen LogP contribution in [-0.2, 0) is 14.3 Å². The number of hydrogen-bond acceptors (Lipinski definition) is 5. The van der Waals surface area contributed by atoms with Gasteiger partial charge in [-0.05, 0) is 24.1 Å². The van der Waals surface area contributed by atoms with E-state index >= 15 is 0 Å². The van der Waals surface area contributed by atoms with Crippen LogP contribution in [0.25, 0.3) is 5.76 Å². The number of methoxy groups -OCH3 is 1. The first kappa shape index (κ1) is 21.3. The van der Waals surface area contributed by atoms with Gasteiger partial charge in [0.15, 0.2) is 0 Å². The van der Waals surface area contributed by atoms with Crippen LogP contribution in [0.15, 0.2) is 72.8 Å². The summed E-state index contributed by atoms with van der Waals surface area (Å²) in [7, 11) is 1.59. The Hall–Kier alpha value is -3.38. The molecule has 1 heterocycles. The van der Waals surface area contributed by atoms with Crippen LogP contribution in [0.5, 0.6) is 5.75 Å². The molecule has 2 aromatic carbocycles. The summed E-state index contributed by atoms with van der Waals surface area (Å²) in [5, 5.41) is 10.9. The van der Waals surface area contributed by atoms with Crippen LogP contribution in [0, 0.1) is 0 Å². The highest BCUT2D eigenvalue weighted by Gasteiger charge is 2.45. The number of ether oxygens (including phenoxy) is 2. The zero-order valence-corrected chi connectivity index (χ0v) is 16.9. The van der Waals surface area contributed by atoms with E-state index in [2.05, 4.69) is 6.58 Å². The van der Waals surface area contributed by atoms with Crippen molar-refractivity contribution in [3.63, 3.8) is 0 Å². The highest BCUT2D eigenvalue weighted by atomic mass is 16.5. The molecular formula is C24H25NO5. The Morgan fingerprint density at radius 3 is 2.47 bits per heavy atom. The lowest BCUT2D eigenvalue weighted by atomic mass is 9.95. The first-order valence-electron chi connectivity index (χ1n) is 9.75. The lowest BCUT2D eigenvalue weighted by Crippen LogP contribution is -2.31. The zero-order valence-electron chi connectivity index (χ0n) is 16.9. The predicted molar refractivity (Wildman–Crippen MR) is 114 cm³/mol. The molecule has 2 aromatic rings. The Kier molecular flexibility index (Phi) is 7.03. The molecule has 156 valence electrons. The second-order valence-electron chi connectivity index (χ2n) is 6.87. The van der Waals surface area contributed by atoms with Crippen molar-refractivity contribution in [2.75, 3.05) is 26.9 Å². The van der Waals surface area contributed by atoms with Crippen molar-refractivity contribution in [3.8, 4) is 5.75 Å². The lowest BCUT2D eigenvalue weighted by Gasteiger charge is -2.25. The molecule has 0 radical (unpaired) electrons. The Balaban J connectivity index is 2.04. The fraction of sp³-hybridized carbons (Fsp3) is 0.250. The Labute approximate surface area is 176 Å². The summed E-state index contributed by atoms with van der Waals surface area (Å²) in [5.41, 5.74) is 1.29. The van der Waals surface area contributed by atoms with E-state index < -0.39 is 17.7 Å². The number of aliphatic hydroxyl groups excluding tert-OH is 1. The molecular weight excluding hydrogens is 382 g/mol. The Morgan fingerprint density at radius 2 is 1.83 bits per heavy atom. The van der Waals surface area contributed by atoms with E-state index in [-0.39, 0.29) is 11.3 Å². The molecule has 1 aliphatic heterocycles. The number of carbonyl (C=O) groups is 2. The molecule has 1 saturated heterocycles. The number of likely N-dealkylation sites (tertiary alicyclic amines) is 1. The number of amides is 1. The third kappa shape index (κ3) is 4.44. The molecule has 1 fully saturated rings. The number of rotatable bonds is 9. The quantitative estimate of drug-likeness (QED) is 0.225. The summed E-state index contributed by atoms with van der Waals surface area (Å²) in [6.07, 6.45) is 2.23. The summed E-state index contributed by atoms with van der Waals surface area (Å²) in [6, 6.07) is 15.2. The van der Waals surface area contributed by atoms with Crippen LogP contribution < -0.4 is 4.74 Å². The SMILES string of the molecule is C=CCOc1ccc([C@@H]2C(=C(O)c3ccccc3)C(=O)C(=O)N2CCCOC)cc1. The van der Waals surface area contributed by atoms with Crippen LogP contribution in [0.1, 0.15) is 23.6 Å². The summed E-state index contributed by atoms with van der Waals surface area (Å²) in [4.78, 5) is 27.2. The Morgan fingerprint density at radius 1 is 1.13 bits per heavy atom. The summed E-state index contributed by atoms with van der Waals surface area (Å²) in [6.45, 7) is 4.80. The van der Waals surface area contributed by atoms with Gasteiger partial charge in [0.25, 0.3) is 11.7 Å². The number of aliphatic hydroxyl groups is 1. The Bertz CT molecular complexity index is 934. The van der Waals surface area contributed by atoms with Crippen molar-refractivity contribution >= 4 is 17.4 Å². The molecule has 0 aromatic heterocycles.